The maximum Gasteiger partial charge on any atom is 0.345 e. The van der Waals surface area contributed by atoms with E-state index in [0.717, 1.165) is 10.00 Å². The number of ether oxygens (including phenoxy) is 1. The molecular formula is C17H19N5O4S. The Labute approximate surface area is 157 Å². The van der Waals surface area contributed by atoms with Crippen LogP contribution in [-0.4, -0.2) is 48.3 Å². The van der Waals surface area contributed by atoms with E-state index in [0.29, 0.717) is 17.0 Å². The van der Waals surface area contributed by atoms with Crippen LogP contribution < -0.4 is 10.1 Å². The van der Waals surface area contributed by atoms with E-state index in [1.54, 1.807) is 50.0 Å². The van der Waals surface area contributed by atoms with Crippen LogP contribution >= 0.6 is 0 Å². The fourth-order valence-electron chi connectivity index (χ4n) is 2.51. The van der Waals surface area contributed by atoms with Crippen LogP contribution in [0.15, 0.2) is 46.6 Å². The molecule has 0 radical (unpaired) electrons. The molecule has 3 rings (SSSR count). The first-order valence-corrected chi connectivity index (χ1v) is 9.37. The number of anilines is 1. The third-order valence-corrected chi connectivity index (χ3v) is 5.58. The summed E-state index contributed by atoms with van der Waals surface area (Å²) in [6, 6.07) is 6.71. The molecule has 2 aromatic rings. The zero-order chi connectivity index (χ0) is 19.8. The summed E-state index contributed by atoms with van der Waals surface area (Å²) in [7, 11) is 0.538. The largest absolute Gasteiger partial charge is 0.497 e. The smallest absolute Gasteiger partial charge is 0.345 e. The highest BCUT2D eigenvalue weighted by Gasteiger charge is 2.31. The first-order chi connectivity index (χ1) is 12.7. The van der Waals surface area contributed by atoms with E-state index in [9.17, 15) is 13.2 Å². The van der Waals surface area contributed by atoms with Gasteiger partial charge in [0.25, 0.3) is 5.91 Å². The number of aromatic nitrogens is 2. The van der Waals surface area contributed by atoms with Crippen molar-refractivity contribution >= 4 is 27.5 Å². The SMILES string of the molecule is COc1ccc(NC(=O)C2=CC(c3cnn(C)c3C)=NS(=O)(=O)N2C)cc1. The van der Waals surface area contributed by atoms with Crippen molar-refractivity contribution in [3.05, 3.63) is 53.5 Å². The van der Waals surface area contributed by atoms with E-state index in [1.165, 1.54) is 19.3 Å². The van der Waals surface area contributed by atoms with Crippen LogP contribution in [0.25, 0.3) is 0 Å². The summed E-state index contributed by atoms with van der Waals surface area (Å²) in [4.78, 5) is 12.7. The van der Waals surface area contributed by atoms with Gasteiger partial charge in [0.2, 0.25) is 0 Å². The van der Waals surface area contributed by atoms with Crippen LogP contribution in [-0.2, 0) is 22.1 Å². The van der Waals surface area contributed by atoms with E-state index in [1.807, 2.05) is 0 Å². The van der Waals surface area contributed by atoms with Crippen molar-refractivity contribution in [2.45, 2.75) is 6.92 Å². The molecular weight excluding hydrogens is 370 g/mol. The van der Waals surface area contributed by atoms with Gasteiger partial charge < -0.3 is 10.1 Å². The summed E-state index contributed by atoms with van der Waals surface area (Å²) >= 11 is 0. The third-order valence-electron chi connectivity index (χ3n) is 4.26. The third kappa shape index (κ3) is 3.56. The van der Waals surface area contributed by atoms with Crippen molar-refractivity contribution in [2.24, 2.45) is 11.4 Å². The minimum Gasteiger partial charge on any atom is -0.497 e. The molecule has 1 aliphatic heterocycles. The maximum atomic E-state index is 12.7. The topological polar surface area (TPSA) is 106 Å². The van der Waals surface area contributed by atoms with E-state index in [2.05, 4.69) is 14.8 Å². The predicted molar refractivity (Wildman–Crippen MR) is 101 cm³/mol. The Balaban J connectivity index is 1.95. The molecule has 27 heavy (non-hydrogen) atoms. The molecule has 1 N–H and O–H groups in total. The monoisotopic (exact) mass is 389 g/mol. The number of likely N-dealkylation sites (N-methyl/N-ethyl adjacent to an activating group) is 1. The number of carbonyl (C=O) groups excluding carboxylic acids is 1. The molecule has 10 heteroatoms. The number of hydrogen-bond acceptors (Lipinski definition) is 5. The van der Waals surface area contributed by atoms with Gasteiger partial charge in [0.05, 0.1) is 19.0 Å². The van der Waals surface area contributed by atoms with Crippen LogP contribution in [0.4, 0.5) is 5.69 Å². The summed E-state index contributed by atoms with van der Waals surface area (Å²) in [5, 5.41) is 6.78. The normalized spacial score (nSPS) is 15.8. The highest BCUT2D eigenvalue weighted by molar-refractivity contribution is 7.88. The highest BCUT2D eigenvalue weighted by Crippen LogP contribution is 2.22. The van der Waals surface area contributed by atoms with Gasteiger partial charge in [-0.25, -0.2) is 4.31 Å². The maximum absolute atomic E-state index is 12.7. The number of benzene rings is 1. The molecule has 1 aromatic heterocycles. The lowest BCUT2D eigenvalue weighted by molar-refractivity contribution is -0.113. The molecule has 0 fully saturated rings. The van der Waals surface area contributed by atoms with Crippen LogP contribution in [0.3, 0.4) is 0 Å². The van der Waals surface area contributed by atoms with Crippen molar-refractivity contribution in [1.82, 2.24) is 14.1 Å². The number of hydrogen-bond donors (Lipinski definition) is 1. The van der Waals surface area contributed by atoms with E-state index in [-0.39, 0.29) is 11.4 Å². The Morgan fingerprint density at radius 2 is 1.85 bits per heavy atom. The van der Waals surface area contributed by atoms with Crippen LogP contribution in [0.5, 0.6) is 5.75 Å². The van der Waals surface area contributed by atoms with Gasteiger partial charge in [-0.3, -0.25) is 9.48 Å². The van der Waals surface area contributed by atoms with Crippen molar-refractivity contribution in [3.63, 3.8) is 0 Å². The first-order valence-electron chi connectivity index (χ1n) is 7.98. The van der Waals surface area contributed by atoms with E-state index >= 15 is 0 Å². The van der Waals surface area contributed by atoms with Crippen LogP contribution in [0.1, 0.15) is 11.3 Å². The minimum absolute atomic E-state index is 0.0425. The Bertz CT molecular complexity index is 1050. The quantitative estimate of drug-likeness (QED) is 0.847. The number of nitrogens with one attached hydrogen (secondary N) is 1. The number of nitrogens with zero attached hydrogens (tertiary/aromatic N) is 4. The average molecular weight is 389 g/mol. The fourth-order valence-corrected chi connectivity index (χ4v) is 3.42. The Morgan fingerprint density at radius 1 is 1.19 bits per heavy atom. The zero-order valence-corrected chi connectivity index (χ0v) is 16.1. The van der Waals surface area contributed by atoms with Gasteiger partial charge in [0, 0.05) is 31.0 Å². The van der Waals surface area contributed by atoms with E-state index < -0.39 is 16.1 Å². The van der Waals surface area contributed by atoms with Crippen molar-refractivity contribution < 1.29 is 17.9 Å². The average Bonchev–Trinajstić information content (AvgIpc) is 2.97. The number of rotatable bonds is 4. The van der Waals surface area contributed by atoms with Crippen LogP contribution in [0, 0.1) is 6.92 Å². The van der Waals surface area contributed by atoms with Gasteiger partial charge in [0.15, 0.2) is 0 Å². The minimum atomic E-state index is -4.03. The molecule has 0 aliphatic carbocycles. The number of amides is 1. The van der Waals surface area contributed by atoms with Gasteiger partial charge >= 0.3 is 10.2 Å². The highest BCUT2D eigenvalue weighted by atomic mass is 32.2. The second-order valence-corrected chi connectivity index (χ2v) is 7.53. The molecule has 2 heterocycles. The number of aryl methyl sites for hydroxylation is 1. The summed E-state index contributed by atoms with van der Waals surface area (Å²) in [5.74, 6) is 0.0752. The Hall–Kier alpha value is -3.14. The molecule has 1 aromatic carbocycles. The Kier molecular flexibility index (Phi) is 4.75. The van der Waals surface area contributed by atoms with Crippen molar-refractivity contribution in [2.75, 3.05) is 19.5 Å². The summed E-state index contributed by atoms with van der Waals surface area (Å²) in [5.41, 5.74) is 1.91. The molecule has 142 valence electrons. The molecule has 9 nitrogen and oxygen atoms in total. The molecule has 0 saturated carbocycles. The van der Waals surface area contributed by atoms with Gasteiger partial charge in [-0.05, 0) is 37.3 Å². The molecule has 0 spiro atoms. The second-order valence-electron chi connectivity index (χ2n) is 5.90. The van der Waals surface area contributed by atoms with Crippen molar-refractivity contribution in [3.8, 4) is 5.75 Å². The molecule has 0 atom stereocenters. The fraction of sp³-hybridized carbons (Fsp3) is 0.235. The molecule has 1 amide bonds. The van der Waals surface area contributed by atoms with Gasteiger partial charge in [0.1, 0.15) is 11.4 Å². The molecule has 0 saturated heterocycles. The molecule has 1 aliphatic rings. The summed E-state index contributed by atoms with van der Waals surface area (Å²) in [6.45, 7) is 1.79. The van der Waals surface area contributed by atoms with Gasteiger partial charge in [-0.1, -0.05) is 0 Å². The number of carbonyl (C=O) groups is 1. The lowest BCUT2D eigenvalue weighted by Crippen LogP contribution is -2.35. The second kappa shape index (κ2) is 6.88. The summed E-state index contributed by atoms with van der Waals surface area (Å²) < 4.78 is 36.1. The lowest BCUT2D eigenvalue weighted by atomic mass is 10.1. The number of methoxy groups -OCH3 is 1. The standard InChI is InChI=1S/C17H19N5O4S/c1-11-14(10-18-21(11)2)15-9-16(22(3)27(24,25)20-15)17(23)19-12-5-7-13(26-4)8-6-12/h5-10H,1-4H3,(H,19,23). The number of allylic oxidation sites excluding steroid dienone is 1. The van der Waals surface area contributed by atoms with Crippen molar-refractivity contribution in [1.29, 1.82) is 0 Å². The predicted octanol–water partition coefficient (Wildman–Crippen LogP) is 1.24. The van der Waals surface area contributed by atoms with Crippen LogP contribution in [0.2, 0.25) is 0 Å². The first kappa shape index (κ1) is 18.6. The molecule has 0 bridgehead atoms. The van der Waals surface area contributed by atoms with Gasteiger partial charge in [-0.15, -0.1) is 4.40 Å². The lowest BCUT2D eigenvalue weighted by Gasteiger charge is -2.23. The zero-order valence-electron chi connectivity index (χ0n) is 15.3. The van der Waals surface area contributed by atoms with Gasteiger partial charge in [-0.2, -0.15) is 13.5 Å². The van der Waals surface area contributed by atoms with E-state index in [4.69, 9.17) is 4.74 Å². The summed E-state index contributed by atoms with van der Waals surface area (Å²) in [6.07, 6.45) is 2.95. The Morgan fingerprint density at radius 3 is 2.41 bits per heavy atom. The molecule has 0 unspecified atom stereocenters.